The SMILES string of the molecule is CCCOC(=O)c1ccc(CCC[C@@H]2[C@@H](CCCc3cccc(C(F)(F)F)c3)[C@H](O)C[C@H]2Cl)s1. The number of benzene rings is 1. The van der Waals surface area contributed by atoms with Crippen LogP contribution in [0, 0.1) is 11.8 Å². The van der Waals surface area contributed by atoms with Crippen molar-refractivity contribution in [1.82, 2.24) is 0 Å². The van der Waals surface area contributed by atoms with E-state index in [0.717, 1.165) is 43.0 Å². The van der Waals surface area contributed by atoms with Crippen LogP contribution in [0.5, 0.6) is 0 Å². The summed E-state index contributed by atoms with van der Waals surface area (Å²) in [6.45, 7) is 2.37. The van der Waals surface area contributed by atoms with Crippen molar-refractivity contribution in [3.8, 4) is 0 Å². The molecule has 1 aromatic heterocycles. The molecular formula is C26H32ClF3O3S. The number of alkyl halides is 4. The van der Waals surface area contributed by atoms with Gasteiger partial charge >= 0.3 is 12.1 Å². The van der Waals surface area contributed by atoms with Crippen LogP contribution in [0.15, 0.2) is 36.4 Å². The van der Waals surface area contributed by atoms with Gasteiger partial charge in [0.2, 0.25) is 0 Å². The minimum absolute atomic E-state index is 0.0521. The van der Waals surface area contributed by atoms with Gasteiger partial charge in [-0.2, -0.15) is 13.2 Å². The van der Waals surface area contributed by atoms with Gasteiger partial charge in [-0.3, -0.25) is 0 Å². The zero-order chi connectivity index (χ0) is 24.7. The van der Waals surface area contributed by atoms with E-state index in [-0.39, 0.29) is 23.2 Å². The highest BCUT2D eigenvalue weighted by atomic mass is 35.5. The molecule has 1 aliphatic rings. The first-order valence-electron chi connectivity index (χ1n) is 11.9. The first-order valence-corrected chi connectivity index (χ1v) is 13.2. The Kier molecular flexibility index (Phi) is 9.86. The molecule has 1 saturated carbocycles. The lowest BCUT2D eigenvalue weighted by molar-refractivity contribution is -0.137. The summed E-state index contributed by atoms with van der Waals surface area (Å²) in [6, 6.07) is 9.22. The van der Waals surface area contributed by atoms with Crippen molar-refractivity contribution in [2.45, 2.75) is 75.9 Å². The monoisotopic (exact) mass is 516 g/mol. The van der Waals surface area contributed by atoms with Gasteiger partial charge in [0.1, 0.15) is 4.88 Å². The molecule has 0 aliphatic heterocycles. The van der Waals surface area contributed by atoms with E-state index in [0.29, 0.717) is 36.3 Å². The zero-order valence-corrected chi connectivity index (χ0v) is 20.9. The Morgan fingerprint density at radius 3 is 2.62 bits per heavy atom. The maximum Gasteiger partial charge on any atom is 0.416 e. The van der Waals surface area contributed by atoms with Crippen molar-refractivity contribution in [1.29, 1.82) is 0 Å². The minimum atomic E-state index is -4.34. The number of thiophene rings is 1. The van der Waals surface area contributed by atoms with Crippen LogP contribution in [0.2, 0.25) is 0 Å². The smallest absolute Gasteiger partial charge is 0.416 e. The van der Waals surface area contributed by atoms with E-state index in [2.05, 4.69) is 0 Å². The maximum atomic E-state index is 12.9. The summed E-state index contributed by atoms with van der Waals surface area (Å²) in [6.07, 6.45) is 1.10. The number of carbonyl (C=O) groups is 1. The van der Waals surface area contributed by atoms with Crippen LogP contribution >= 0.6 is 22.9 Å². The van der Waals surface area contributed by atoms with Crippen LogP contribution in [0.25, 0.3) is 0 Å². The van der Waals surface area contributed by atoms with Crippen molar-refractivity contribution in [3.63, 3.8) is 0 Å². The molecule has 3 rings (SSSR count). The molecule has 0 bridgehead atoms. The highest BCUT2D eigenvalue weighted by molar-refractivity contribution is 7.13. The third kappa shape index (κ3) is 7.46. The van der Waals surface area contributed by atoms with E-state index in [4.69, 9.17) is 16.3 Å². The van der Waals surface area contributed by atoms with Gasteiger partial charge in [-0.25, -0.2) is 4.79 Å². The molecule has 0 unspecified atom stereocenters. The van der Waals surface area contributed by atoms with Crippen molar-refractivity contribution in [2.75, 3.05) is 6.61 Å². The second-order valence-electron chi connectivity index (χ2n) is 9.03. The molecule has 4 atom stereocenters. The summed E-state index contributed by atoms with van der Waals surface area (Å²) in [7, 11) is 0. The predicted octanol–water partition coefficient (Wildman–Crippen LogP) is 7.28. The third-order valence-electron chi connectivity index (χ3n) is 6.49. The fraction of sp³-hybridized carbons (Fsp3) is 0.577. The van der Waals surface area contributed by atoms with Gasteiger partial charge in [-0.1, -0.05) is 25.1 Å². The predicted molar refractivity (Wildman–Crippen MR) is 129 cm³/mol. The number of hydrogen-bond acceptors (Lipinski definition) is 4. The van der Waals surface area contributed by atoms with E-state index in [1.54, 1.807) is 12.1 Å². The lowest BCUT2D eigenvalue weighted by Gasteiger charge is -2.23. The molecule has 34 heavy (non-hydrogen) atoms. The van der Waals surface area contributed by atoms with E-state index in [1.807, 2.05) is 13.0 Å². The Labute approximate surface area is 208 Å². The minimum Gasteiger partial charge on any atom is -0.462 e. The van der Waals surface area contributed by atoms with Gasteiger partial charge in [0.15, 0.2) is 0 Å². The molecule has 0 saturated heterocycles. The molecule has 0 amide bonds. The summed E-state index contributed by atoms with van der Waals surface area (Å²) in [5, 5.41) is 10.4. The number of aliphatic hydroxyl groups excluding tert-OH is 1. The van der Waals surface area contributed by atoms with Crippen LogP contribution in [-0.2, 0) is 23.8 Å². The molecule has 188 valence electrons. The number of esters is 1. The van der Waals surface area contributed by atoms with Crippen LogP contribution < -0.4 is 0 Å². The van der Waals surface area contributed by atoms with Gasteiger partial charge < -0.3 is 9.84 Å². The van der Waals surface area contributed by atoms with Crippen molar-refractivity contribution in [2.24, 2.45) is 11.8 Å². The van der Waals surface area contributed by atoms with Crippen LogP contribution in [0.1, 0.15) is 71.1 Å². The van der Waals surface area contributed by atoms with E-state index < -0.39 is 17.8 Å². The fourth-order valence-corrected chi connectivity index (χ4v) is 6.22. The quantitative estimate of drug-likeness (QED) is 0.252. The van der Waals surface area contributed by atoms with Crippen LogP contribution in [0.3, 0.4) is 0 Å². The van der Waals surface area contributed by atoms with Crippen LogP contribution in [-0.4, -0.2) is 29.2 Å². The van der Waals surface area contributed by atoms with Gasteiger partial charge in [-0.15, -0.1) is 22.9 Å². The molecule has 0 spiro atoms. The number of hydrogen-bond donors (Lipinski definition) is 1. The average molecular weight is 517 g/mol. The molecule has 8 heteroatoms. The van der Waals surface area contributed by atoms with Gasteiger partial charge in [0, 0.05) is 10.3 Å². The summed E-state index contributed by atoms with van der Waals surface area (Å²) in [4.78, 5) is 13.7. The second-order valence-corrected chi connectivity index (χ2v) is 10.8. The van der Waals surface area contributed by atoms with Crippen molar-refractivity contribution < 1.29 is 27.8 Å². The average Bonchev–Trinajstić information content (AvgIpc) is 3.37. The summed E-state index contributed by atoms with van der Waals surface area (Å²) >= 11 is 8.02. The Balaban J connectivity index is 1.48. The molecule has 0 radical (unpaired) electrons. The van der Waals surface area contributed by atoms with Gasteiger partial charge in [0.05, 0.1) is 18.3 Å². The van der Waals surface area contributed by atoms with Gasteiger partial charge in [0.25, 0.3) is 0 Å². The zero-order valence-electron chi connectivity index (χ0n) is 19.3. The summed E-state index contributed by atoms with van der Waals surface area (Å²) < 4.78 is 44.0. The number of halogens is 4. The first kappa shape index (κ1) is 27.0. The molecule has 1 N–H and O–H groups in total. The highest BCUT2D eigenvalue weighted by Gasteiger charge is 2.40. The molecular weight excluding hydrogens is 485 g/mol. The number of ether oxygens (including phenoxy) is 1. The molecule has 3 nitrogen and oxygen atoms in total. The Bertz CT molecular complexity index is 930. The van der Waals surface area contributed by atoms with E-state index >= 15 is 0 Å². The largest absolute Gasteiger partial charge is 0.462 e. The molecule has 1 aromatic carbocycles. The van der Waals surface area contributed by atoms with Crippen molar-refractivity contribution >= 4 is 28.9 Å². The summed E-state index contributed by atoms with van der Waals surface area (Å²) in [5.41, 5.74) is 0.0345. The lowest BCUT2D eigenvalue weighted by Crippen LogP contribution is -2.21. The van der Waals surface area contributed by atoms with Crippen LogP contribution in [0.4, 0.5) is 13.2 Å². The highest BCUT2D eigenvalue weighted by Crippen LogP contribution is 2.42. The molecule has 1 aliphatic carbocycles. The second kappa shape index (κ2) is 12.4. The standard InChI is InChI=1S/C26H32ClF3O3S/c1-2-14-33-25(32)24-13-12-19(34-24)9-5-10-20-21(23(31)16-22(20)27)11-4-7-17-6-3-8-18(15-17)26(28,29)30/h3,6,8,12-13,15,20-23,31H,2,4-5,7,9-11,14,16H2,1H3/t20-,21-,22-,23-/m1/s1. The normalized spacial score (nSPS) is 22.8. The number of carbonyl (C=O) groups excluding carboxylic acids is 1. The number of aryl methyl sites for hydroxylation is 2. The maximum absolute atomic E-state index is 12.9. The Morgan fingerprint density at radius 1 is 1.15 bits per heavy atom. The molecule has 1 heterocycles. The fourth-order valence-electron chi connectivity index (χ4n) is 4.78. The topological polar surface area (TPSA) is 46.5 Å². The number of aliphatic hydroxyl groups is 1. The first-order chi connectivity index (χ1) is 16.2. The van der Waals surface area contributed by atoms with E-state index in [9.17, 15) is 23.1 Å². The third-order valence-corrected chi connectivity index (χ3v) is 8.12. The molecule has 1 fully saturated rings. The molecule has 2 aromatic rings. The Morgan fingerprint density at radius 2 is 1.88 bits per heavy atom. The Hall–Kier alpha value is -1.57. The lowest BCUT2D eigenvalue weighted by atomic mass is 9.85. The van der Waals surface area contributed by atoms with Crippen molar-refractivity contribution in [3.05, 3.63) is 57.3 Å². The van der Waals surface area contributed by atoms with Gasteiger partial charge in [-0.05, 0) is 87.0 Å². The van der Waals surface area contributed by atoms with E-state index in [1.165, 1.54) is 23.5 Å². The number of rotatable bonds is 11. The summed E-state index contributed by atoms with van der Waals surface area (Å²) in [5.74, 6) is -0.0537.